The Morgan fingerprint density at radius 3 is 2.91 bits per heavy atom. The second kappa shape index (κ2) is 4.91. The molecule has 0 aromatic carbocycles. The molecule has 3 N–H and O–H groups in total. The van der Waals surface area contributed by atoms with Crippen LogP contribution in [0.5, 0.6) is 0 Å². The molecule has 7 nitrogen and oxygen atoms in total. The van der Waals surface area contributed by atoms with Gasteiger partial charge in [-0.1, -0.05) is 12.0 Å². The molecule has 0 spiro atoms. The van der Waals surface area contributed by atoms with Crippen molar-refractivity contribution in [2.75, 3.05) is 0 Å². The van der Waals surface area contributed by atoms with E-state index in [9.17, 15) is 10.1 Å². The quantitative estimate of drug-likeness (QED) is 0.243. The second-order valence-electron chi connectivity index (χ2n) is 1.35. The van der Waals surface area contributed by atoms with Crippen LogP contribution < -0.4 is 11.2 Å². The van der Waals surface area contributed by atoms with Crippen molar-refractivity contribution in [1.82, 2.24) is 5.43 Å². The highest BCUT2D eigenvalue weighted by Crippen LogP contribution is 1.69. The Hall–Kier alpha value is -1.92. The fraction of sp³-hybridized carbons (Fsp3) is 0. The van der Waals surface area contributed by atoms with Crippen molar-refractivity contribution >= 4 is 12.2 Å². The van der Waals surface area contributed by atoms with Gasteiger partial charge in [-0.05, 0) is 6.08 Å². The Bertz CT molecular complexity index is 209. The fourth-order valence-electron chi connectivity index (χ4n) is 0.259. The smallest absolute Gasteiger partial charge is 0.275 e. The predicted octanol–water partition coefficient (Wildman–Crippen LogP) is -0.746. The van der Waals surface area contributed by atoms with Gasteiger partial charge in [0.25, 0.3) is 5.96 Å². The average Bonchev–Trinajstić information content (AvgIpc) is 1.86. The van der Waals surface area contributed by atoms with Gasteiger partial charge in [0, 0.05) is 6.21 Å². The van der Waals surface area contributed by atoms with Crippen LogP contribution >= 0.6 is 0 Å². The summed E-state index contributed by atoms with van der Waals surface area (Å²) in [6.07, 6.45) is 2.61. The van der Waals surface area contributed by atoms with Gasteiger partial charge >= 0.3 is 0 Å². The summed E-state index contributed by atoms with van der Waals surface area (Å²) in [5.74, 6) is -0.381. The van der Waals surface area contributed by atoms with Crippen molar-refractivity contribution in [1.29, 1.82) is 0 Å². The molecule has 0 aromatic rings. The van der Waals surface area contributed by atoms with E-state index in [0.717, 1.165) is 0 Å². The molecule has 0 fully saturated rings. The van der Waals surface area contributed by atoms with Crippen molar-refractivity contribution in [2.24, 2.45) is 15.9 Å². The lowest BCUT2D eigenvalue weighted by molar-refractivity contribution is -0.525. The Morgan fingerprint density at radius 1 is 1.82 bits per heavy atom. The third-order valence-electron chi connectivity index (χ3n) is 0.543. The SMILES string of the molecule is C=C/C=N/N=C(\N)N[N+](=O)[O-]. The van der Waals surface area contributed by atoms with Crippen molar-refractivity contribution in [3.8, 4) is 0 Å². The molecule has 0 saturated heterocycles. The zero-order valence-electron chi connectivity index (χ0n) is 5.60. The minimum atomic E-state index is -0.831. The van der Waals surface area contributed by atoms with Crippen molar-refractivity contribution in [2.45, 2.75) is 0 Å². The molecule has 0 aliphatic carbocycles. The minimum Gasteiger partial charge on any atom is -0.364 e. The number of hydrazine groups is 1. The van der Waals surface area contributed by atoms with Crippen LogP contribution in [-0.4, -0.2) is 17.2 Å². The third-order valence-corrected chi connectivity index (χ3v) is 0.543. The van der Waals surface area contributed by atoms with Gasteiger partial charge in [-0.25, -0.2) is 10.1 Å². The van der Waals surface area contributed by atoms with Crippen molar-refractivity contribution in [3.05, 3.63) is 22.8 Å². The number of nitrogens with one attached hydrogen (secondary N) is 1. The fourth-order valence-corrected chi connectivity index (χ4v) is 0.259. The van der Waals surface area contributed by atoms with E-state index in [1.807, 2.05) is 0 Å². The molecule has 0 amide bonds. The summed E-state index contributed by atoms with van der Waals surface area (Å²) < 4.78 is 0. The number of hydrogen-bond donors (Lipinski definition) is 2. The molecule has 0 saturated carbocycles. The second-order valence-corrected chi connectivity index (χ2v) is 1.35. The summed E-state index contributed by atoms with van der Waals surface area (Å²) in [7, 11) is 0. The van der Waals surface area contributed by atoms with E-state index in [0.29, 0.717) is 0 Å². The number of allylic oxidation sites excluding steroid dienone is 1. The average molecular weight is 157 g/mol. The Labute approximate surface area is 62.4 Å². The molecule has 0 heterocycles. The summed E-state index contributed by atoms with van der Waals surface area (Å²) >= 11 is 0. The number of guanidine groups is 1. The van der Waals surface area contributed by atoms with Crippen molar-refractivity contribution in [3.63, 3.8) is 0 Å². The lowest BCUT2D eigenvalue weighted by Crippen LogP contribution is -2.35. The summed E-state index contributed by atoms with van der Waals surface area (Å²) in [4.78, 5) is 9.70. The van der Waals surface area contributed by atoms with E-state index in [2.05, 4.69) is 16.8 Å². The van der Waals surface area contributed by atoms with Crippen LogP contribution in [0.4, 0.5) is 0 Å². The normalized spacial score (nSPS) is 11.5. The number of nitrogens with zero attached hydrogens (tertiary/aromatic N) is 3. The largest absolute Gasteiger partial charge is 0.364 e. The van der Waals surface area contributed by atoms with Crippen LogP contribution in [0.2, 0.25) is 0 Å². The summed E-state index contributed by atoms with van der Waals surface area (Å²) in [5, 5.41) is 15.4. The molecule has 0 rings (SSSR count). The number of rotatable bonds is 3. The molecule has 0 atom stereocenters. The van der Waals surface area contributed by atoms with E-state index in [4.69, 9.17) is 5.73 Å². The van der Waals surface area contributed by atoms with E-state index < -0.39 is 5.03 Å². The first-order valence-electron chi connectivity index (χ1n) is 2.55. The monoisotopic (exact) mass is 157 g/mol. The summed E-state index contributed by atoms with van der Waals surface area (Å²) in [6.45, 7) is 3.30. The van der Waals surface area contributed by atoms with E-state index in [-0.39, 0.29) is 5.96 Å². The Morgan fingerprint density at radius 2 is 2.45 bits per heavy atom. The third kappa shape index (κ3) is 5.96. The zero-order valence-corrected chi connectivity index (χ0v) is 5.60. The van der Waals surface area contributed by atoms with Crippen LogP contribution in [0.25, 0.3) is 0 Å². The maximum atomic E-state index is 9.70. The first kappa shape index (κ1) is 9.08. The maximum absolute atomic E-state index is 9.70. The van der Waals surface area contributed by atoms with Crippen LogP contribution in [0.3, 0.4) is 0 Å². The molecule has 0 radical (unpaired) electrons. The number of nitro groups is 1. The van der Waals surface area contributed by atoms with Crippen LogP contribution in [0.15, 0.2) is 22.9 Å². The van der Waals surface area contributed by atoms with Gasteiger partial charge in [-0.15, -0.1) is 5.10 Å². The molecule has 0 aliphatic heterocycles. The van der Waals surface area contributed by atoms with Gasteiger partial charge in [0.05, 0.1) is 0 Å². The van der Waals surface area contributed by atoms with E-state index in [1.165, 1.54) is 12.3 Å². The van der Waals surface area contributed by atoms with Crippen LogP contribution in [0.1, 0.15) is 0 Å². The highest BCUT2D eigenvalue weighted by Gasteiger charge is 1.95. The predicted molar refractivity (Wildman–Crippen MR) is 40.4 cm³/mol. The molecule has 60 valence electrons. The molecule has 0 aromatic heterocycles. The highest BCUT2D eigenvalue weighted by atomic mass is 16.7. The highest BCUT2D eigenvalue weighted by molar-refractivity contribution is 5.78. The van der Waals surface area contributed by atoms with E-state index >= 15 is 0 Å². The van der Waals surface area contributed by atoms with Crippen LogP contribution in [-0.2, 0) is 0 Å². The number of nitrogens with two attached hydrogens (primary N) is 1. The van der Waals surface area contributed by atoms with Gasteiger partial charge in [-0.3, -0.25) is 0 Å². The van der Waals surface area contributed by atoms with Gasteiger partial charge in [0.2, 0.25) is 0 Å². The zero-order chi connectivity index (χ0) is 8.69. The lowest BCUT2D eigenvalue weighted by atomic mass is 10.7. The van der Waals surface area contributed by atoms with Gasteiger partial charge in [0.1, 0.15) is 0 Å². The molecular weight excluding hydrogens is 150 g/mol. The lowest BCUT2D eigenvalue weighted by Gasteiger charge is -1.89. The van der Waals surface area contributed by atoms with E-state index in [1.54, 1.807) is 5.43 Å². The minimum absolute atomic E-state index is 0.381. The summed E-state index contributed by atoms with van der Waals surface area (Å²) in [5.41, 5.74) is 6.57. The molecule has 0 aliphatic rings. The molecule has 0 bridgehead atoms. The molecule has 11 heavy (non-hydrogen) atoms. The first-order valence-corrected chi connectivity index (χ1v) is 2.55. The molecule has 0 unspecified atom stereocenters. The first-order chi connectivity index (χ1) is 5.16. The van der Waals surface area contributed by atoms with Crippen molar-refractivity contribution < 1.29 is 5.03 Å². The Kier molecular flexibility index (Phi) is 4.06. The van der Waals surface area contributed by atoms with Gasteiger partial charge in [0.15, 0.2) is 5.03 Å². The van der Waals surface area contributed by atoms with Crippen LogP contribution in [0, 0.1) is 10.1 Å². The Balaban J connectivity index is 3.90. The van der Waals surface area contributed by atoms with Gasteiger partial charge < -0.3 is 5.73 Å². The molecule has 7 heteroatoms. The molecular formula is C4H7N5O2. The standard InChI is InChI=1S/C4H7N5O2/c1-2-3-6-7-4(5)8-9(10)11/h2-3H,1H2,(H3,5,7,8)/b6-3+. The maximum Gasteiger partial charge on any atom is 0.275 e. The topological polar surface area (TPSA) is 106 Å². The summed E-state index contributed by atoms with van der Waals surface area (Å²) in [6, 6.07) is 0. The van der Waals surface area contributed by atoms with Gasteiger partial charge in [-0.2, -0.15) is 5.10 Å². The number of hydrogen-bond acceptors (Lipinski definition) is 4.